The van der Waals surface area contributed by atoms with Crippen molar-refractivity contribution in [3.63, 3.8) is 0 Å². The molecule has 1 aliphatic rings. The van der Waals surface area contributed by atoms with Crippen molar-refractivity contribution in [3.8, 4) is 0 Å². The Hall–Kier alpha value is -1.88. The molecule has 1 unspecified atom stereocenters. The molecule has 5 heteroatoms. The Bertz CT molecular complexity index is 589. The second kappa shape index (κ2) is 8.48. The molecule has 4 atom stereocenters. The van der Waals surface area contributed by atoms with Gasteiger partial charge >= 0.3 is 0 Å². The topological polar surface area (TPSA) is 53.9 Å². The average molecular weight is 346 g/mol. The minimum absolute atomic E-state index is 0.0730. The minimum atomic E-state index is -0.0795. The van der Waals surface area contributed by atoms with Crippen molar-refractivity contribution in [2.24, 2.45) is 11.8 Å². The van der Waals surface area contributed by atoms with Crippen molar-refractivity contribution in [2.75, 3.05) is 27.2 Å². The standard InChI is InChI=1S/C20H31N3O2/c1-14-10-15(2)12-23(11-14)20(25)16(3)22(5)13-17-6-8-18(9-7-17)19(24)21-4/h6-9,14-16H,10-13H2,1-5H3,(H,21,24)/p+1/t14-,15-,16-/m1/s1. The van der Waals surface area contributed by atoms with Crippen LogP contribution >= 0.6 is 0 Å². The van der Waals surface area contributed by atoms with Crippen LogP contribution in [0.5, 0.6) is 0 Å². The number of likely N-dealkylation sites (N-methyl/N-ethyl adjacent to an activating group) is 1. The second-order valence-corrected chi connectivity index (χ2v) is 7.71. The molecule has 1 heterocycles. The highest BCUT2D eigenvalue weighted by Gasteiger charge is 2.31. The number of piperidine rings is 1. The van der Waals surface area contributed by atoms with Crippen molar-refractivity contribution in [1.29, 1.82) is 0 Å². The maximum Gasteiger partial charge on any atom is 0.280 e. The summed E-state index contributed by atoms with van der Waals surface area (Å²) in [5, 5.41) is 2.62. The van der Waals surface area contributed by atoms with Crippen LogP contribution in [-0.4, -0.2) is 49.9 Å². The largest absolute Gasteiger partial charge is 0.355 e. The van der Waals surface area contributed by atoms with Gasteiger partial charge in [-0.25, -0.2) is 0 Å². The fourth-order valence-electron chi connectivity index (χ4n) is 3.72. The van der Waals surface area contributed by atoms with Gasteiger partial charge in [0, 0.05) is 31.3 Å². The normalized spacial score (nSPS) is 23.0. The Morgan fingerprint density at radius 1 is 1.20 bits per heavy atom. The van der Waals surface area contributed by atoms with Crippen molar-refractivity contribution in [3.05, 3.63) is 35.4 Å². The fourth-order valence-corrected chi connectivity index (χ4v) is 3.72. The van der Waals surface area contributed by atoms with Crippen LogP contribution in [0.1, 0.15) is 43.1 Å². The Balaban J connectivity index is 1.96. The van der Waals surface area contributed by atoms with Crippen molar-refractivity contribution < 1.29 is 14.5 Å². The van der Waals surface area contributed by atoms with E-state index < -0.39 is 0 Å². The number of carbonyl (C=O) groups excluding carboxylic acids is 2. The van der Waals surface area contributed by atoms with Crippen LogP contribution < -0.4 is 10.2 Å². The van der Waals surface area contributed by atoms with E-state index in [-0.39, 0.29) is 17.9 Å². The molecule has 2 rings (SSSR count). The van der Waals surface area contributed by atoms with Crippen LogP contribution in [-0.2, 0) is 11.3 Å². The summed E-state index contributed by atoms with van der Waals surface area (Å²) in [7, 11) is 3.69. The number of benzene rings is 1. The van der Waals surface area contributed by atoms with Gasteiger partial charge in [0.05, 0.1) is 7.05 Å². The molecule has 0 saturated carbocycles. The highest BCUT2D eigenvalue weighted by molar-refractivity contribution is 5.93. The SMILES string of the molecule is CNC(=O)c1ccc(C[NH+](C)[C@H](C)C(=O)N2C[C@H](C)C[C@@H](C)C2)cc1. The van der Waals surface area contributed by atoms with Crippen LogP contribution in [0, 0.1) is 11.8 Å². The summed E-state index contributed by atoms with van der Waals surface area (Å²) in [6.07, 6.45) is 1.21. The van der Waals surface area contributed by atoms with Crippen LogP contribution in [0.2, 0.25) is 0 Å². The minimum Gasteiger partial charge on any atom is -0.355 e. The van der Waals surface area contributed by atoms with Gasteiger partial charge in [0.2, 0.25) is 0 Å². The van der Waals surface area contributed by atoms with Crippen LogP contribution in [0.4, 0.5) is 0 Å². The monoisotopic (exact) mass is 346 g/mol. The Labute approximate surface area is 151 Å². The Morgan fingerprint density at radius 2 is 1.76 bits per heavy atom. The lowest BCUT2D eigenvalue weighted by Crippen LogP contribution is -3.12. The van der Waals surface area contributed by atoms with Gasteiger partial charge in [-0.2, -0.15) is 0 Å². The molecule has 1 fully saturated rings. The molecule has 0 spiro atoms. The van der Waals surface area contributed by atoms with Gasteiger partial charge in [-0.3, -0.25) is 9.59 Å². The number of rotatable bonds is 5. The van der Waals surface area contributed by atoms with E-state index in [4.69, 9.17) is 0 Å². The predicted molar refractivity (Wildman–Crippen MR) is 99.4 cm³/mol. The molecule has 0 bridgehead atoms. The Morgan fingerprint density at radius 3 is 2.28 bits per heavy atom. The summed E-state index contributed by atoms with van der Waals surface area (Å²) in [5.41, 5.74) is 1.79. The smallest absolute Gasteiger partial charge is 0.280 e. The molecule has 138 valence electrons. The maximum atomic E-state index is 12.9. The first kappa shape index (κ1) is 19.4. The molecule has 1 saturated heterocycles. The first-order valence-corrected chi connectivity index (χ1v) is 9.24. The summed E-state index contributed by atoms with van der Waals surface area (Å²) < 4.78 is 0. The van der Waals surface area contributed by atoms with E-state index in [0.29, 0.717) is 17.4 Å². The summed E-state index contributed by atoms with van der Waals surface area (Å²) in [5.74, 6) is 1.33. The summed E-state index contributed by atoms with van der Waals surface area (Å²) in [6, 6.07) is 7.53. The molecule has 1 aromatic rings. The molecular weight excluding hydrogens is 314 g/mol. The number of nitrogens with zero attached hydrogens (tertiary/aromatic N) is 1. The van der Waals surface area contributed by atoms with Gasteiger partial charge in [0.15, 0.2) is 6.04 Å². The first-order valence-electron chi connectivity index (χ1n) is 9.24. The van der Waals surface area contributed by atoms with Gasteiger partial charge in [-0.1, -0.05) is 26.0 Å². The Kier molecular flexibility index (Phi) is 6.59. The van der Waals surface area contributed by atoms with Crippen molar-refractivity contribution >= 4 is 11.8 Å². The van der Waals surface area contributed by atoms with Crippen molar-refractivity contribution in [2.45, 2.75) is 39.8 Å². The zero-order valence-corrected chi connectivity index (χ0v) is 16.1. The number of quaternary nitrogens is 1. The van der Waals surface area contributed by atoms with E-state index >= 15 is 0 Å². The van der Waals surface area contributed by atoms with E-state index in [0.717, 1.165) is 25.2 Å². The quantitative estimate of drug-likeness (QED) is 0.834. The molecule has 0 radical (unpaired) electrons. The number of hydrogen-bond donors (Lipinski definition) is 2. The van der Waals surface area contributed by atoms with Crippen LogP contribution in [0.25, 0.3) is 0 Å². The molecule has 2 N–H and O–H groups in total. The lowest BCUT2D eigenvalue weighted by Gasteiger charge is -2.37. The van der Waals surface area contributed by atoms with E-state index in [1.54, 1.807) is 7.05 Å². The molecule has 25 heavy (non-hydrogen) atoms. The summed E-state index contributed by atoms with van der Waals surface area (Å²) >= 11 is 0. The number of likely N-dealkylation sites (tertiary alicyclic amines) is 1. The number of carbonyl (C=O) groups is 2. The van der Waals surface area contributed by atoms with Gasteiger partial charge < -0.3 is 15.1 Å². The maximum absolute atomic E-state index is 12.9. The molecule has 0 aromatic heterocycles. The predicted octanol–water partition coefficient (Wildman–Crippen LogP) is 0.954. The van der Waals surface area contributed by atoms with Gasteiger partial charge in [0.1, 0.15) is 6.54 Å². The summed E-state index contributed by atoms with van der Waals surface area (Å²) in [4.78, 5) is 27.7. The molecular formula is C20H32N3O2+. The van der Waals surface area contributed by atoms with Gasteiger partial charge in [-0.15, -0.1) is 0 Å². The molecule has 0 aliphatic carbocycles. The fraction of sp³-hybridized carbons (Fsp3) is 0.600. The second-order valence-electron chi connectivity index (χ2n) is 7.71. The first-order chi connectivity index (χ1) is 11.8. The van der Waals surface area contributed by atoms with Gasteiger partial charge in [0.25, 0.3) is 11.8 Å². The summed E-state index contributed by atoms with van der Waals surface area (Å²) in [6.45, 7) is 8.99. The number of amides is 2. The van der Waals surface area contributed by atoms with Crippen LogP contribution in [0.15, 0.2) is 24.3 Å². The third-order valence-electron chi connectivity index (χ3n) is 5.22. The third kappa shape index (κ3) is 5.05. The third-order valence-corrected chi connectivity index (χ3v) is 5.22. The number of nitrogens with one attached hydrogen (secondary N) is 2. The zero-order valence-electron chi connectivity index (χ0n) is 16.1. The van der Waals surface area contributed by atoms with E-state index in [1.807, 2.05) is 36.1 Å². The molecule has 5 nitrogen and oxygen atoms in total. The lowest BCUT2D eigenvalue weighted by atomic mass is 9.91. The number of hydrogen-bond acceptors (Lipinski definition) is 2. The highest BCUT2D eigenvalue weighted by Crippen LogP contribution is 2.21. The average Bonchev–Trinajstić information content (AvgIpc) is 2.59. The molecule has 2 amide bonds. The van der Waals surface area contributed by atoms with Crippen LogP contribution in [0.3, 0.4) is 0 Å². The van der Waals surface area contributed by atoms with E-state index in [9.17, 15) is 9.59 Å². The molecule has 1 aliphatic heterocycles. The molecule has 1 aromatic carbocycles. The van der Waals surface area contributed by atoms with Crippen molar-refractivity contribution in [1.82, 2.24) is 10.2 Å². The highest BCUT2D eigenvalue weighted by atomic mass is 16.2. The lowest BCUT2D eigenvalue weighted by molar-refractivity contribution is -0.908. The van der Waals surface area contributed by atoms with Gasteiger partial charge in [-0.05, 0) is 37.3 Å². The zero-order chi connectivity index (χ0) is 18.6. The van der Waals surface area contributed by atoms with E-state index in [1.165, 1.54) is 11.3 Å². The van der Waals surface area contributed by atoms with E-state index in [2.05, 4.69) is 26.2 Å².